The number of pyridine rings is 1. The summed E-state index contributed by atoms with van der Waals surface area (Å²) in [6.07, 6.45) is 7.58. The Labute approximate surface area is 90.7 Å². The average molecular weight is 203 g/mol. The molecule has 0 unspecified atom stereocenters. The van der Waals surface area contributed by atoms with Gasteiger partial charge in [-0.25, -0.2) is 0 Å². The van der Waals surface area contributed by atoms with Crippen molar-refractivity contribution in [2.75, 3.05) is 7.05 Å². The number of rotatable bonds is 3. The van der Waals surface area contributed by atoms with Crippen LogP contribution >= 0.6 is 0 Å². The van der Waals surface area contributed by atoms with Gasteiger partial charge in [0.15, 0.2) is 0 Å². The monoisotopic (exact) mass is 203 g/mol. The maximum Gasteiger partial charge on any atom is 0.0963 e. The van der Waals surface area contributed by atoms with Crippen molar-refractivity contribution in [2.24, 2.45) is 5.73 Å². The molecule has 0 aromatic carbocycles. The first-order valence-electron chi connectivity index (χ1n) is 4.90. The van der Waals surface area contributed by atoms with E-state index in [0.29, 0.717) is 5.82 Å². The summed E-state index contributed by atoms with van der Waals surface area (Å²) < 4.78 is 0. The van der Waals surface area contributed by atoms with E-state index in [1.54, 1.807) is 7.05 Å². The van der Waals surface area contributed by atoms with E-state index in [-0.39, 0.29) is 0 Å². The minimum Gasteiger partial charge on any atom is -0.386 e. The van der Waals surface area contributed by atoms with Gasteiger partial charge >= 0.3 is 0 Å². The molecule has 3 heteroatoms. The van der Waals surface area contributed by atoms with Crippen molar-refractivity contribution in [2.45, 2.75) is 13.8 Å². The minimum atomic E-state index is 0.643. The van der Waals surface area contributed by atoms with E-state index >= 15 is 0 Å². The summed E-state index contributed by atoms with van der Waals surface area (Å²) in [6.45, 7) is 4.01. The number of aryl methyl sites for hydroxylation is 1. The van der Waals surface area contributed by atoms with Crippen molar-refractivity contribution in [3.05, 3.63) is 47.6 Å². The molecular formula is C12H17N3. The number of nitrogens with two attached hydrogens (primary N) is 1. The third-order valence-electron chi connectivity index (χ3n) is 2.12. The van der Waals surface area contributed by atoms with Crippen LogP contribution in [0.3, 0.4) is 0 Å². The smallest absolute Gasteiger partial charge is 0.0963 e. The van der Waals surface area contributed by atoms with Crippen LogP contribution in [0.5, 0.6) is 0 Å². The lowest BCUT2D eigenvalue weighted by molar-refractivity contribution is 0.966. The molecule has 15 heavy (non-hydrogen) atoms. The van der Waals surface area contributed by atoms with Crippen LogP contribution < -0.4 is 11.1 Å². The molecule has 0 saturated carbocycles. The molecule has 1 heterocycles. The Bertz CT molecular complexity index is 392. The zero-order chi connectivity index (χ0) is 11.3. The Morgan fingerprint density at radius 3 is 2.73 bits per heavy atom. The first-order valence-corrected chi connectivity index (χ1v) is 4.90. The molecule has 0 bridgehead atoms. The van der Waals surface area contributed by atoms with Crippen LogP contribution in [0.25, 0.3) is 5.57 Å². The molecule has 0 fully saturated rings. The highest BCUT2D eigenvalue weighted by Crippen LogP contribution is 2.16. The fourth-order valence-electron chi connectivity index (χ4n) is 1.29. The second-order valence-electron chi connectivity index (χ2n) is 3.34. The molecule has 0 atom stereocenters. The van der Waals surface area contributed by atoms with Crippen LogP contribution in [-0.4, -0.2) is 12.0 Å². The Kier molecular flexibility index (Phi) is 3.92. The number of nitrogens with zero attached hydrogens (tertiary/aromatic N) is 1. The SMILES string of the molecule is C/C=C(\C=C(\N)NC)c1cncc(C)c1. The van der Waals surface area contributed by atoms with Crippen LogP contribution in [0.4, 0.5) is 0 Å². The molecule has 0 aliphatic carbocycles. The van der Waals surface area contributed by atoms with Gasteiger partial charge in [-0.15, -0.1) is 0 Å². The zero-order valence-electron chi connectivity index (χ0n) is 9.41. The van der Waals surface area contributed by atoms with Crippen LogP contribution in [0, 0.1) is 6.92 Å². The highest BCUT2D eigenvalue weighted by Gasteiger charge is 1.99. The normalized spacial score (nSPS) is 12.7. The molecule has 0 saturated heterocycles. The predicted molar refractivity (Wildman–Crippen MR) is 64.0 cm³/mol. The minimum absolute atomic E-state index is 0.643. The maximum atomic E-state index is 5.71. The molecule has 0 aliphatic rings. The van der Waals surface area contributed by atoms with Gasteiger partial charge in [-0.1, -0.05) is 6.08 Å². The van der Waals surface area contributed by atoms with Gasteiger partial charge in [-0.05, 0) is 37.1 Å². The van der Waals surface area contributed by atoms with Gasteiger partial charge < -0.3 is 11.1 Å². The lowest BCUT2D eigenvalue weighted by Crippen LogP contribution is -2.14. The summed E-state index contributed by atoms with van der Waals surface area (Å²) in [6, 6.07) is 2.09. The first-order chi connectivity index (χ1) is 7.17. The molecule has 80 valence electrons. The quantitative estimate of drug-likeness (QED) is 0.737. The zero-order valence-corrected chi connectivity index (χ0v) is 9.41. The van der Waals surface area contributed by atoms with Crippen molar-refractivity contribution in [3.8, 4) is 0 Å². The van der Waals surface area contributed by atoms with Crippen molar-refractivity contribution >= 4 is 5.57 Å². The lowest BCUT2D eigenvalue weighted by Gasteiger charge is -2.05. The van der Waals surface area contributed by atoms with Crippen molar-refractivity contribution in [3.63, 3.8) is 0 Å². The average Bonchev–Trinajstić information content (AvgIpc) is 2.25. The van der Waals surface area contributed by atoms with Crippen LogP contribution in [-0.2, 0) is 0 Å². The molecule has 0 radical (unpaired) electrons. The third-order valence-corrected chi connectivity index (χ3v) is 2.12. The third kappa shape index (κ3) is 3.13. The molecule has 3 N–H and O–H groups in total. The standard InChI is InChI=1S/C12H17N3/c1-4-10(6-12(13)14-3)11-5-9(2)7-15-8-11/h4-8,14H,13H2,1-3H3/b10-4+,12-6-. The molecule has 3 nitrogen and oxygen atoms in total. The molecule has 0 amide bonds. The van der Waals surface area contributed by atoms with Gasteiger partial charge in [0.1, 0.15) is 0 Å². The molecular weight excluding hydrogens is 186 g/mol. The number of hydrogen-bond donors (Lipinski definition) is 2. The number of hydrogen-bond acceptors (Lipinski definition) is 3. The van der Waals surface area contributed by atoms with Crippen LogP contribution in [0.15, 0.2) is 36.4 Å². The predicted octanol–water partition coefficient (Wildman–Crippen LogP) is 1.81. The molecule has 0 aliphatic heterocycles. The number of aromatic nitrogens is 1. The fraction of sp³-hybridized carbons (Fsp3) is 0.250. The van der Waals surface area contributed by atoms with E-state index in [2.05, 4.69) is 16.4 Å². The Morgan fingerprint density at radius 2 is 2.20 bits per heavy atom. The fourth-order valence-corrected chi connectivity index (χ4v) is 1.29. The van der Waals surface area contributed by atoms with Gasteiger partial charge in [0, 0.05) is 25.0 Å². The molecule has 1 aromatic rings. The largest absolute Gasteiger partial charge is 0.386 e. The lowest BCUT2D eigenvalue weighted by atomic mass is 10.1. The van der Waals surface area contributed by atoms with E-state index in [4.69, 9.17) is 5.73 Å². The summed E-state index contributed by atoms with van der Waals surface area (Å²) in [4.78, 5) is 4.15. The van der Waals surface area contributed by atoms with Crippen molar-refractivity contribution in [1.82, 2.24) is 10.3 Å². The second-order valence-corrected chi connectivity index (χ2v) is 3.34. The summed E-state index contributed by atoms with van der Waals surface area (Å²) in [5.74, 6) is 0.643. The van der Waals surface area contributed by atoms with Crippen LogP contribution in [0.1, 0.15) is 18.1 Å². The summed E-state index contributed by atoms with van der Waals surface area (Å²) in [7, 11) is 1.80. The molecule has 0 spiro atoms. The topological polar surface area (TPSA) is 50.9 Å². The van der Waals surface area contributed by atoms with E-state index in [0.717, 1.165) is 16.7 Å². The van der Waals surface area contributed by atoms with Gasteiger partial charge in [0.25, 0.3) is 0 Å². The van der Waals surface area contributed by atoms with Gasteiger partial charge in [-0.2, -0.15) is 0 Å². The van der Waals surface area contributed by atoms with Gasteiger partial charge in [0.05, 0.1) is 5.82 Å². The Morgan fingerprint density at radius 1 is 1.47 bits per heavy atom. The highest BCUT2D eigenvalue weighted by atomic mass is 14.9. The van der Waals surface area contributed by atoms with E-state index < -0.39 is 0 Å². The molecule has 1 aromatic heterocycles. The summed E-state index contributed by atoms with van der Waals surface area (Å²) in [5.41, 5.74) is 9.00. The second kappa shape index (κ2) is 5.20. The Balaban J connectivity index is 3.04. The summed E-state index contributed by atoms with van der Waals surface area (Å²) >= 11 is 0. The van der Waals surface area contributed by atoms with Crippen LogP contribution in [0.2, 0.25) is 0 Å². The van der Waals surface area contributed by atoms with E-state index in [1.165, 1.54) is 0 Å². The van der Waals surface area contributed by atoms with E-state index in [1.807, 2.05) is 38.4 Å². The van der Waals surface area contributed by atoms with E-state index in [9.17, 15) is 0 Å². The van der Waals surface area contributed by atoms with Gasteiger partial charge in [-0.3, -0.25) is 4.98 Å². The first kappa shape index (κ1) is 11.3. The Hall–Kier alpha value is -1.77. The number of nitrogens with one attached hydrogen (secondary N) is 1. The van der Waals surface area contributed by atoms with Gasteiger partial charge in [0.2, 0.25) is 0 Å². The maximum absolute atomic E-state index is 5.71. The van der Waals surface area contributed by atoms with Crippen molar-refractivity contribution < 1.29 is 0 Å². The van der Waals surface area contributed by atoms with Crippen molar-refractivity contribution in [1.29, 1.82) is 0 Å². The highest BCUT2D eigenvalue weighted by molar-refractivity contribution is 5.73. The molecule has 1 rings (SSSR count). The number of allylic oxidation sites excluding steroid dienone is 3. The summed E-state index contributed by atoms with van der Waals surface area (Å²) in [5, 5.41) is 2.89.